The van der Waals surface area contributed by atoms with Gasteiger partial charge in [-0.1, -0.05) is 20.4 Å². The molecule has 0 aromatic heterocycles. The van der Waals surface area contributed by atoms with E-state index in [-0.39, 0.29) is 5.57 Å². The van der Waals surface area contributed by atoms with Crippen LogP contribution in [0.15, 0.2) is 12.2 Å². The number of hydrogen-bond donors (Lipinski definition) is 0. The van der Waals surface area contributed by atoms with Crippen molar-refractivity contribution in [3.8, 4) is 0 Å². The van der Waals surface area contributed by atoms with Crippen LogP contribution in [0.4, 0.5) is 39.5 Å². The van der Waals surface area contributed by atoms with Crippen molar-refractivity contribution in [2.45, 2.75) is 63.7 Å². The van der Waals surface area contributed by atoms with E-state index in [9.17, 15) is 44.3 Å². The molecule has 0 amide bonds. The van der Waals surface area contributed by atoms with Crippen molar-refractivity contribution < 1.29 is 49.0 Å². The first-order valence-electron chi connectivity index (χ1n) is 6.93. The number of carbonyl (C=O) groups is 1. The van der Waals surface area contributed by atoms with Gasteiger partial charge in [0, 0.05) is 5.57 Å². The summed E-state index contributed by atoms with van der Waals surface area (Å²) in [6, 6.07) is 0. The normalized spacial score (nSPS) is 15.2. The third-order valence-corrected chi connectivity index (χ3v) is 3.05. The van der Waals surface area contributed by atoms with Gasteiger partial charge in [-0.15, -0.1) is 0 Å². The molecule has 0 aliphatic carbocycles. The zero-order chi connectivity index (χ0) is 20.4. The highest BCUT2D eigenvalue weighted by Crippen LogP contribution is 2.54. The zero-order valence-corrected chi connectivity index (χ0v) is 13.5. The Balaban J connectivity index is 5.64. The van der Waals surface area contributed by atoms with Crippen molar-refractivity contribution in [2.24, 2.45) is 5.92 Å². The van der Waals surface area contributed by atoms with Crippen molar-refractivity contribution in [2.75, 3.05) is 0 Å². The van der Waals surface area contributed by atoms with Crippen LogP contribution in [0, 0.1) is 5.92 Å². The summed E-state index contributed by atoms with van der Waals surface area (Å²) in [6.07, 6.45) is -11.6. The molecule has 0 saturated carbocycles. The molecule has 1 unspecified atom stereocenters. The quantitative estimate of drug-likeness (QED) is 0.317. The van der Waals surface area contributed by atoms with Crippen LogP contribution in [-0.2, 0) is 9.53 Å². The maximum atomic E-state index is 13.6. The molecule has 11 heteroatoms. The minimum atomic E-state index is -6.97. The van der Waals surface area contributed by atoms with Crippen LogP contribution < -0.4 is 0 Å². The van der Waals surface area contributed by atoms with Crippen molar-refractivity contribution in [1.29, 1.82) is 0 Å². The molecule has 0 heterocycles. The van der Waals surface area contributed by atoms with Crippen LogP contribution in [0.1, 0.15) is 33.6 Å². The monoisotopic (exact) mass is 388 g/mol. The largest absolute Gasteiger partial charge is 0.460 e. The summed E-state index contributed by atoms with van der Waals surface area (Å²) in [4.78, 5) is 11.3. The average Bonchev–Trinajstić information content (AvgIpc) is 2.34. The molecule has 0 radical (unpaired) electrons. The van der Waals surface area contributed by atoms with Gasteiger partial charge in [0.25, 0.3) is 0 Å². The van der Waals surface area contributed by atoms with E-state index in [2.05, 4.69) is 11.3 Å². The number of halogens is 9. The molecule has 0 aliphatic heterocycles. The van der Waals surface area contributed by atoms with Gasteiger partial charge in [-0.3, -0.25) is 0 Å². The highest BCUT2D eigenvalue weighted by Gasteiger charge is 2.81. The Kier molecular flexibility index (Phi) is 7.02. The van der Waals surface area contributed by atoms with Gasteiger partial charge in [0.15, 0.2) is 0 Å². The molecule has 0 saturated heterocycles. The Morgan fingerprint density at radius 2 is 1.40 bits per heavy atom. The summed E-state index contributed by atoms with van der Waals surface area (Å²) >= 11 is 0. The summed E-state index contributed by atoms with van der Waals surface area (Å²) in [5.74, 6) is -21.3. The molecule has 148 valence electrons. The molecule has 0 aromatic carbocycles. The molecule has 0 aliphatic rings. The van der Waals surface area contributed by atoms with Crippen LogP contribution >= 0.6 is 0 Å². The molecule has 0 fully saturated rings. The molecule has 25 heavy (non-hydrogen) atoms. The summed E-state index contributed by atoms with van der Waals surface area (Å²) < 4.78 is 120. The second-order valence-corrected chi connectivity index (χ2v) is 5.99. The van der Waals surface area contributed by atoms with E-state index >= 15 is 0 Å². The predicted molar refractivity (Wildman–Crippen MR) is 69.7 cm³/mol. The van der Waals surface area contributed by atoms with Crippen LogP contribution in [-0.4, -0.2) is 36.0 Å². The molecular weight excluding hydrogens is 371 g/mol. The minimum Gasteiger partial charge on any atom is -0.459 e. The Bertz CT molecular complexity index is 495. The number of carbonyl (C=O) groups excluding carboxylic acids is 1. The van der Waals surface area contributed by atoms with Gasteiger partial charge in [0.1, 0.15) is 6.10 Å². The summed E-state index contributed by atoms with van der Waals surface area (Å²) in [6.45, 7) is 7.07. The third kappa shape index (κ3) is 5.27. The van der Waals surface area contributed by atoms with Crippen LogP contribution in [0.5, 0.6) is 0 Å². The van der Waals surface area contributed by atoms with E-state index in [1.54, 1.807) is 0 Å². The van der Waals surface area contributed by atoms with E-state index < -0.39 is 54.8 Å². The third-order valence-electron chi connectivity index (χ3n) is 3.05. The van der Waals surface area contributed by atoms with Crippen molar-refractivity contribution >= 4 is 5.97 Å². The molecule has 0 N–H and O–H groups in total. The molecule has 0 rings (SSSR count). The molecule has 0 spiro atoms. The first kappa shape index (κ1) is 23.6. The van der Waals surface area contributed by atoms with E-state index in [1.165, 1.54) is 13.8 Å². The van der Waals surface area contributed by atoms with Gasteiger partial charge >= 0.3 is 29.9 Å². The zero-order valence-electron chi connectivity index (χ0n) is 13.5. The number of ether oxygens (including phenoxy) is 1. The lowest BCUT2D eigenvalue weighted by Crippen LogP contribution is -2.61. The van der Waals surface area contributed by atoms with Gasteiger partial charge in [-0.25, -0.2) is 4.79 Å². The fourth-order valence-corrected chi connectivity index (χ4v) is 1.77. The standard InChI is InChI=1S/C14H17F9O2/c1-7(2)5-9(25-10(24)8(3)4)6-11(15,16)12(17,18)13(19,20)14(21,22)23/h7,9H,3,5-6H2,1-2,4H3. The number of alkyl halides is 9. The summed E-state index contributed by atoms with van der Waals surface area (Å²) in [5, 5.41) is 0. The smallest absolute Gasteiger partial charge is 0.459 e. The van der Waals surface area contributed by atoms with Crippen LogP contribution in [0.3, 0.4) is 0 Å². The van der Waals surface area contributed by atoms with E-state index in [0.717, 1.165) is 6.92 Å². The summed E-state index contributed by atoms with van der Waals surface area (Å²) in [5.41, 5.74) is -0.288. The number of esters is 1. The Hall–Kier alpha value is -1.42. The first-order valence-corrected chi connectivity index (χ1v) is 6.93. The van der Waals surface area contributed by atoms with Crippen LogP contribution in [0.25, 0.3) is 0 Å². The first-order chi connectivity index (χ1) is 10.9. The van der Waals surface area contributed by atoms with Crippen molar-refractivity contribution in [3.05, 3.63) is 12.2 Å². The van der Waals surface area contributed by atoms with E-state index in [0.29, 0.717) is 0 Å². The van der Waals surface area contributed by atoms with Crippen molar-refractivity contribution in [3.63, 3.8) is 0 Å². The molecule has 1 atom stereocenters. The lowest BCUT2D eigenvalue weighted by Gasteiger charge is -2.35. The van der Waals surface area contributed by atoms with Crippen LogP contribution in [0.2, 0.25) is 0 Å². The highest BCUT2D eigenvalue weighted by molar-refractivity contribution is 5.87. The Labute approximate surface area is 138 Å². The van der Waals surface area contributed by atoms with Gasteiger partial charge in [-0.2, -0.15) is 39.5 Å². The topological polar surface area (TPSA) is 26.3 Å². The lowest BCUT2D eigenvalue weighted by molar-refractivity contribution is -0.398. The molecule has 0 aromatic rings. The van der Waals surface area contributed by atoms with Gasteiger partial charge in [0.2, 0.25) is 0 Å². The maximum Gasteiger partial charge on any atom is 0.460 e. The van der Waals surface area contributed by atoms with Gasteiger partial charge in [-0.05, 0) is 19.3 Å². The highest BCUT2D eigenvalue weighted by atomic mass is 19.4. The molecule has 2 nitrogen and oxygen atoms in total. The van der Waals surface area contributed by atoms with Crippen molar-refractivity contribution in [1.82, 2.24) is 0 Å². The number of rotatable bonds is 8. The van der Waals surface area contributed by atoms with E-state index in [4.69, 9.17) is 0 Å². The second-order valence-electron chi connectivity index (χ2n) is 5.99. The SMILES string of the molecule is C=C(C)C(=O)OC(CC(C)C)CC(F)(F)C(F)(F)C(F)(F)C(F)(F)F. The second kappa shape index (κ2) is 7.45. The minimum absolute atomic E-state index is 0.288. The Morgan fingerprint density at radius 3 is 1.72 bits per heavy atom. The lowest BCUT2D eigenvalue weighted by atomic mass is 9.94. The van der Waals surface area contributed by atoms with Gasteiger partial charge in [0.05, 0.1) is 6.42 Å². The fourth-order valence-electron chi connectivity index (χ4n) is 1.77. The van der Waals surface area contributed by atoms with E-state index in [1.807, 2.05) is 0 Å². The molecular formula is C14H17F9O2. The number of hydrogen-bond acceptors (Lipinski definition) is 2. The average molecular weight is 388 g/mol. The predicted octanol–water partition coefficient (Wildman–Crippen LogP) is 5.38. The Morgan fingerprint density at radius 1 is 0.960 bits per heavy atom. The molecule has 0 bridgehead atoms. The van der Waals surface area contributed by atoms with Gasteiger partial charge < -0.3 is 4.74 Å². The maximum absolute atomic E-state index is 13.6. The fraction of sp³-hybridized carbons (Fsp3) is 0.786. The summed E-state index contributed by atoms with van der Waals surface area (Å²) in [7, 11) is 0.